The zero-order chi connectivity index (χ0) is 52.9. The Hall–Kier alpha value is -5.46. The molecular weight excluding hydrogens is 895 g/mol. The number of nitrogens with two attached hydrogens (primary N) is 1. The summed E-state index contributed by atoms with van der Waals surface area (Å²) < 4.78 is 0. The molecule has 8 amide bonds. The molecule has 0 heterocycles. The van der Waals surface area contributed by atoms with Crippen molar-refractivity contribution >= 4 is 59.2 Å². The summed E-state index contributed by atoms with van der Waals surface area (Å²) >= 11 is 0. The number of rotatable bonds is 31. The van der Waals surface area contributed by atoms with E-state index in [0.29, 0.717) is 6.42 Å². The van der Waals surface area contributed by atoms with Crippen LogP contribution < -0.4 is 48.3 Å². The molecular formula is C44H79N9O15. The molecule has 24 nitrogen and oxygen atoms in total. The summed E-state index contributed by atoms with van der Waals surface area (Å²) in [5.74, 6) is -12.5. The molecule has 15 N–H and O–H groups in total. The van der Waals surface area contributed by atoms with Crippen LogP contribution in [-0.2, 0) is 47.9 Å². The molecule has 0 aromatic heterocycles. The normalized spacial score (nSPS) is 16.8. The van der Waals surface area contributed by atoms with Gasteiger partial charge in [-0.3, -0.25) is 43.2 Å². The predicted molar refractivity (Wildman–Crippen MR) is 246 cm³/mol. The van der Waals surface area contributed by atoms with Crippen LogP contribution >= 0.6 is 0 Å². The summed E-state index contributed by atoms with van der Waals surface area (Å²) in [5.41, 5.74) is 5.62. The number of aliphatic hydroxyl groups is 3. The van der Waals surface area contributed by atoms with E-state index in [1.54, 1.807) is 69.2 Å². The second-order valence-corrected chi connectivity index (χ2v) is 18.9. The lowest BCUT2D eigenvalue weighted by Crippen LogP contribution is -2.63. The van der Waals surface area contributed by atoms with Gasteiger partial charge in [-0.1, -0.05) is 75.7 Å². The summed E-state index contributed by atoms with van der Waals surface area (Å²) in [6, 6.07) is -13.4. The zero-order valence-electron chi connectivity index (χ0n) is 41.4. The topological polar surface area (TPSA) is 394 Å². The summed E-state index contributed by atoms with van der Waals surface area (Å²) in [4.78, 5) is 132. The minimum Gasteiger partial charge on any atom is -0.481 e. The molecule has 0 bridgehead atoms. The van der Waals surface area contributed by atoms with E-state index in [-0.39, 0.29) is 37.0 Å². The van der Waals surface area contributed by atoms with Crippen LogP contribution in [0.2, 0.25) is 0 Å². The molecule has 68 heavy (non-hydrogen) atoms. The maximum Gasteiger partial charge on any atom is 0.326 e. The molecule has 0 saturated carbocycles. The van der Waals surface area contributed by atoms with E-state index in [0.717, 1.165) is 6.92 Å². The van der Waals surface area contributed by atoms with Crippen molar-refractivity contribution in [1.29, 1.82) is 0 Å². The van der Waals surface area contributed by atoms with Gasteiger partial charge in [-0.15, -0.1) is 0 Å². The van der Waals surface area contributed by atoms with E-state index >= 15 is 0 Å². The van der Waals surface area contributed by atoms with E-state index < -0.39 is 151 Å². The third kappa shape index (κ3) is 22.1. The summed E-state index contributed by atoms with van der Waals surface area (Å²) in [5, 5.41) is 69.0. The fourth-order valence-corrected chi connectivity index (χ4v) is 6.68. The van der Waals surface area contributed by atoms with Gasteiger partial charge in [-0.05, 0) is 62.7 Å². The highest BCUT2D eigenvalue weighted by Gasteiger charge is 2.39. The number of aliphatic carboxylic acids is 2. The number of nitrogens with one attached hydrogen (secondary N) is 8. The molecule has 0 fully saturated rings. The Morgan fingerprint density at radius 3 is 1.13 bits per heavy atom. The van der Waals surface area contributed by atoms with Gasteiger partial charge in [0.1, 0.15) is 54.4 Å². The van der Waals surface area contributed by atoms with E-state index in [9.17, 15) is 73.5 Å². The summed E-state index contributed by atoms with van der Waals surface area (Å²) in [7, 11) is 0. The Morgan fingerprint density at radius 1 is 0.441 bits per heavy atom. The van der Waals surface area contributed by atoms with E-state index in [2.05, 4.69) is 42.5 Å². The number of hydrogen-bond donors (Lipinski definition) is 14. The average Bonchev–Trinajstić information content (AvgIpc) is 3.22. The van der Waals surface area contributed by atoms with E-state index in [4.69, 9.17) is 5.73 Å². The molecule has 390 valence electrons. The van der Waals surface area contributed by atoms with Crippen LogP contribution in [0.15, 0.2) is 0 Å². The smallest absolute Gasteiger partial charge is 0.326 e. The molecule has 0 saturated heterocycles. The first-order chi connectivity index (χ1) is 31.4. The van der Waals surface area contributed by atoms with Crippen molar-refractivity contribution in [3.8, 4) is 0 Å². The number of carboxylic acids is 2. The van der Waals surface area contributed by atoms with Crippen LogP contribution in [0.5, 0.6) is 0 Å². The van der Waals surface area contributed by atoms with Crippen LogP contribution in [0.1, 0.15) is 115 Å². The molecule has 0 aliphatic rings. The Bertz CT molecular complexity index is 1730. The number of carbonyl (C=O) groups excluding carboxylic acids is 8. The lowest BCUT2D eigenvalue weighted by atomic mass is 9.95. The van der Waals surface area contributed by atoms with Gasteiger partial charge in [-0.25, -0.2) is 4.79 Å². The van der Waals surface area contributed by atoms with Crippen LogP contribution in [0, 0.1) is 29.6 Å². The van der Waals surface area contributed by atoms with Gasteiger partial charge in [0.15, 0.2) is 0 Å². The minimum atomic E-state index is -1.92. The minimum absolute atomic E-state index is 0.0341. The van der Waals surface area contributed by atoms with Crippen molar-refractivity contribution in [3.05, 3.63) is 0 Å². The van der Waals surface area contributed by atoms with Gasteiger partial charge in [0, 0.05) is 0 Å². The first kappa shape index (κ1) is 62.5. The average molecular weight is 974 g/mol. The fraction of sp³-hybridized carbons (Fsp3) is 0.773. The monoisotopic (exact) mass is 974 g/mol. The number of aliphatic hydroxyl groups excluding tert-OH is 3. The largest absolute Gasteiger partial charge is 0.481 e. The first-order valence-electron chi connectivity index (χ1n) is 23.0. The Kier molecular flexibility index (Phi) is 27.7. The predicted octanol–water partition coefficient (Wildman–Crippen LogP) is -2.65. The molecule has 0 spiro atoms. The van der Waals surface area contributed by atoms with Gasteiger partial charge in [-0.2, -0.15) is 0 Å². The Morgan fingerprint density at radius 2 is 0.765 bits per heavy atom. The molecule has 0 rings (SSSR count). The fourth-order valence-electron chi connectivity index (χ4n) is 6.68. The number of hydrogen-bond acceptors (Lipinski definition) is 14. The Balaban J connectivity index is 6.51. The van der Waals surface area contributed by atoms with Gasteiger partial charge in [0.05, 0.1) is 25.2 Å². The van der Waals surface area contributed by atoms with E-state index in [1.807, 2.05) is 0 Å². The molecule has 0 aromatic rings. The van der Waals surface area contributed by atoms with Crippen molar-refractivity contribution in [3.63, 3.8) is 0 Å². The van der Waals surface area contributed by atoms with Crippen molar-refractivity contribution < 1.29 is 73.5 Å². The number of amides is 8. The zero-order valence-corrected chi connectivity index (χ0v) is 41.4. The van der Waals surface area contributed by atoms with Gasteiger partial charge >= 0.3 is 11.9 Å². The molecule has 0 aliphatic heterocycles. The van der Waals surface area contributed by atoms with Crippen molar-refractivity contribution in [2.24, 2.45) is 35.3 Å². The van der Waals surface area contributed by atoms with Gasteiger partial charge in [0.25, 0.3) is 0 Å². The maximum atomic E-state index is 13.9. The SMILES string of the molecule is CC[C@H](C)[C@H](NC(=O)[C@@H](NC(=O)[C@H](CC(C)C)NC(=O)[C@@H](N)CO)C(C)C)C(=O)N[C@H](C(=O)N[C@@H](CC(=O)O)C(=O)N[C@@H](CC(C)C)C(=O)N[C@H](C(=O)N[C@@H](CC(C)C)C(=O)O)[C@@H](C)O)[C@@H](C)O. The first-order valence-corrected chi connectivity index (χ1v) is 23.0. The maximum absolute atomic E-state index is 13.9. The molecule has 12 atom stereocenters. The highest BCUT2D eigenvalue weighted by Crippen LogP contribution is 2.14. The second kappa shape index (κ2) is 30.1. The molecule has 24 heteroatoms. The van der Waals surface area contributed by atoms with Crippen molar-refractivity contribution in [2.75, 3.05) is 6.61 Å². The van der Waals surface area contributed by atoms with Crippen LogP contribution in [0.25, 0.3) is 0 Å². The van der Waals surface area contributed by atoms with E-state index in [1.165, 1.54) is 6.92 Å². The molecule has 0 aromatic carbocycles. The van der Waals surface area contributed by atoms with Gasteiger partial charge < -0.3 is 73.8 Å². The van der Waals surface area contributed by atoms with Crippen LogP contribution in [-0.4, -0.2) is 158 Å². The summed E-state index contributed by atoms with van der Waals surface area (Å²) in [6.45, 7) is 18.6. The van der Waals surface area contributed by atoms with Crippen molar-refractivity contribution in [2.45, 2.75) is 182 Å². The number of carbonyl (C=O) groups is 10. The molecule has 0 radical (unpaired) electrons. The second-order valence-electron chi connectivity index (χ2n) is 18.9. The van der Waals surface area contributed by atoms with Gasteiger partial charge in [0.2, 0.25) is 47.3 Å². The standard InChI is InChI=1S/C44H79N9O15/c1-13-23(10)33(51-40(63)32(22(8)9)50-38(61)27(14-19(2)3)46-36(59)26(45)18-54)41(64)53-35(25(12)56)42(65)48-29(17-31(57)58)37(60)47-28(15-20(4)5)39(62)52-34(24(11)55)43(66)49-30(44(67)68)16-21(6)7/h19-30,32-35,54-56H,13-18,45H2,1-12H3,(H,46,59)(H,47,60)(H,48,65)(H,49,66)(H,50,61)(H,51,63)(H,52,62)(H,53,64)(H,57,58)(H,67,68)/t23-,24+,25+,26-,27-,28-,29-,30-,32-,33-,34-,35-/m0/s1. The van der Waals surface area contributed by atoms with Crippen LogP contribution in [0.4, 0.5) is 0 Å². The Labute approximate surface area is 398 Å². The quantitative estimate of drug-likeness (QED) is 0.0337. The van der Waals surface area contributed by atoms with Crippen molar-refractivity contribution in [1.82, 2.24) is 42.5 Å². The highest BCUT2D eigenvalue weighted by molar-refractivity contribution is 5.99. The third-order valence-corrected chi connectivity index (χ3v) is 10.7. The lowest BCUT2D eigenvalue weighted by molar-refractivity contribution is -0.143. The number of carboxylic acid groups (broad SMARTS) is 2. The lowest BCUT2D eigenvalue weighted by Gasteiger charge is -2.31. The summed E-state index contributed by atoms with van der Waals surface area (Å²) in [6.07, 6.45) is -3.91. The van der Waals surface area contributed by atoms with Crippen LogP contribution in [0.3, 0.4) is 0 Å². The molecule has 0 aliphatic carbocycles. The highest BCUT2D eigenvalue weighted by atomic mass is 16.4. The molecule has 0 unspecified atom stereocenters. The third-order valence-electron chi connectivity index (χ3n) is 10.7.